The molecule has 134 valence electrons. The van der Waals surface area contributed by atoms with Gasteiger partial charge in [0.1, 0.15) is 12.1 Å². The minimum absolute atomic E-state index is 0.130. The highest BCUT2D eigenvalue weighted by Crippen LogP contribution is 2.47. The number of carbonyl (C=O) groups excluding carboxylic acids is 2. The minimum Gasteiger partial charge on any atom is -0.461 e. The third-order valence-corrected chi connectivity index (χ3v) is 5.73. The highest BCUT2D eigenvalue weighted by Gasteiger charge is 2.33. The molecule has 0 spiro atoms. The van der Waals surface area contributed by atoms with Crippen molar-refractivity contribution >= 4 is 35.0 Å². The minimum atomic E-state index is -0.519. The second-order valence-corrected chi connectivity index (χ2v) is 7.63. The first-order valence-corrected chi connectivity index (χ1v) is 9.57. The van der Waals surface area contributed by atoms with Gasteiger partial charge in [-0.3, -0.25) is 4.79 Å². The number of para-hydroxylation sites is 2. The van der Waals surface area contributed by atoms with Crippen LogP contribution < -0.4 is 10.2 Å². The summed E-state index contributed by atoms with van der Waals surface area (Å²) in [5.41, 5.74) is 2.22. The number of anilines is 2. The second-order valence-electron chi connectivity index (χ2n) is 6.54. The van der Waals surface area contributed by atoms with Gasteiger partial charge in [0, 0.05) is 29.2 Å². The molecule has 4 rings (SSSR count). The molecule has 2 aromatic rings. The maximum absolute atomic E-state index is 12.4. The molecule has 26 heavy (non-hydrogen) atoms. The summed E-state index contributed by atoms with van der Waals surface area (Å²) in [5.74, 6) is -0.467. The second kappa shape index (κ2) is 7.03. The van der Waals surface area contributed by atoms with E-state index < -0.39 is 6.04 Å². The van der Waals surface area contributed by atoms with Gasteiger partial charge in [0.2, 0.25) is 5.91 Å². The monoisotopic (exact) mass is 368 g/mol. The Morgan fingerprint density at radius 3 is 2.35 bits per heavy atom. The van der Waals surface area contributed by atoms with Crippen LogP contribution in [0.3, 0.4) is 0 Å². The fraction of sp³-hybridized carbons (Fsp3) is 0.300. The molecule has 0 bridgehead atoms. The van der Waals surface area contributed by atoms with Gasteiger partial charge in [-0.2, -0.15) is 0 Å². The van der Waals surface area contributed by atoms with Gasteiger partial charge < -0.3 is 15.0 Å². The first kappa shape index (κ1) is 17.0. The summed E-state index contributed by atoms with van der Waals surface area (Å²) in [7, 11) is 0. The summed E-state index contributed by atoms with van der Waals surface area (Å²) in [6.45, 7) is 2.39. The summed E-state index contributed by atoms with van der Waals surface area (Å²) < 4.78 is 5.10. The zero-order valence-corrected chi connectivity index (χ0v) is 15.3. The molecule has 2 atom stereocenters. The molecular weight excluding hydrogens is 348 g/mol. The van der Waals surface area contributed by atoms with Crippen LogP contribution in [0, 0.1) is 0 Å². The van der Waals surface area contributed by atoms with E-state index in [-0.39, 0.29) is 18.0 Å². The number of hydrogen-bond acceptors (Lipinski definition) is 5. The number of cyclic esters (lactones) is 1. The fourth-order valence-electron chi connectivity index (χ4n) is 3.38. The van der Waals surface area contributed by atoms with Gasteiger partial charge in [0.25, 0.3) is 0 Å². The molecule has 2 aliphatic heterocycles. The predicted octanol–water partition coefficient (Wildman–Crippen LogP) is 3.50. The standard InChI is InChI=1S/C20H20N2O3S/c1-13-12-14(20(24)25-13)21-19(23)10-11-22-15-6-2-4-8-17(15)26-18-9-5-3-7-16(18)22/h2-9,13-14H,10-12H2,1H3,(H,21,23). The number of rotatable bonds is 4. The van der Waals surface area contributed by atoms with Crippen LogP contribution in [0.25, 0.3) is 0 Å². The van der Waals surface area contributed by atoms with Crippen LogP contribution in [-0.4, -0.2) is 30.6 Å². The van der Waals surface area contributed by atoms with E-state index in [4.69, 9.17) is 4.74 Å². The molecule has 6 heteroatoms. The summed E-state index contributed by atoms with van der Waals surface area (Å²) in [5, 5.41) is 2.80. The lowest BCUT2D eigenvalue weighted by Crippen LogP contribution is -2.39. The topological polar surface area (TPSA) is 58.6 Å². The van der Waals surface area contributed by atoms with Gasteiger partial charge in [-0.1, -0.05) is 36.0 Å². The Balaban J connectivity index is 1.48. The Morgan fingerprint density at radius 2 is 1.77 bits per heavy atom. The number of hydrogen-bond donors (Lipinski definition) is 1. The zero-order chi connectivity index (χ0) is 18.1. The Bertz CT molecular complexity index is 809. The SMILES string of the molecule is CC1CC(NC(=O)CCN2c3ccccc3Sc3ccccc32)C(=O)O1. The summed E-state index contributed by atoms with van der Waals surface area (Å²) >= 11 is 1.74. The van der Waals surface area contributed by atoms with Crippen LogP contribution in [-0.2, 0) is 14.3 Å². The smallest absolute Gasteiger partial charge is 0.329 e. The molecule has 1 amide bonds. The first-order valence-electron chi connectivity index (χ1n) is 8.75. The van der Waals surface area contributed by atoms with E-state index >= 15 is 0 Å². The van der Waals surface area contributed by atoms with Crippen molar-refractivity contribution in [2.75, 3.05) is 11.4 Å². The molecule has 1 saturated heterocycles. The number of esters is 1. The predicted molar refractivity (Wildman–Crippen MR) is 101 cm³/mol. The Kier molecular flexibility index (Phi) is 4.59. The van der Waals surface area contributed by atoms with E-state index in [0.29, 0.717) is 19.4 Å². The van der Waals surface area contributed by atoms with Crippen LogP contribution >= 0.6 is 11.8 Å². The normalized spacial score (nSPS) is 21.0. The van der Waals surface area contributed by atoms with E-state index in [1.54, 1.807) is 11.8 Å². The molecule has 2 unspecified atom stereocenters. The van der Waals surface area contributed by atoms with Crippen molar-refractivity contribution in [2.45, 2.75) is 41.7 Å². The van der Waals surface area contributed by atoms with Crippen molar-refractivity contribution in [1.29, 1.82) is 0 Å². The lowest BCUT2D eigenvalue weighted by Gasteiger charge is -2.32. The third-order valence-electron chi connectivity index (χ3n) is 4.60. The lowest BCUT2D eigenvalue weighted by molar-refractivity contribution is -0.143. The summed E-state index contributed by atoms with van der Waals surface area (Å²) in [4.78, 5) is 28.6. The van der Waals surface area contributed by atoms with E-state index in [0.717, 1.165) is 11.4 Å². The van der Waals surface area contributed by atoms with Crippen LogP contribution in [0.2, 0.25) is 0 Å². The van der Waals surface area contributed by atoms with E-state index in [9.17, 15) is 9.59 Å². The van der Waals surface area contributed by atoms with Crippen molar-refractivity contribution in [3.05, 3.63) is 48.5 Å². The van der Waals surface area contributed by atoms with Crippen molar-refractivity contribution in [3.63, 3.8) is 0 Å². The highest BCUT2D eigenvalue weighted by atomic mass is 32.2. The molecule has 2 aromatic carbocycles. The van der Waals surface area contributed by atoms with Crippen LogP contribution in [0.15, 0.2) is 58.3 Å². The molecular formula is C20H20N2O3S. The third kappa shape index (κ3) is 3.29. The number of ether oxygens (including phenoxy) is 1. The molecule has 0 aliphatic carbocycles. The number of fused-ring (bicyclic) bond motifs is 2. The van der Waals surface area contributed by atoms with Crippen molar-refractivity contribution in [1.82, 2.24) is 5.32 Å². The average molecular weight is 368 g/mol. The van der Waals surface area contributed by atoms with Crippen molar-refractivity contribution in [2.24, 2.45) is 0 Å². The number of carbonyl (C=O) groups is 2. The van der Waals surface area contributed by atoms with Crippen molar-refractivity contribution < 1.29 is 14.3 Å². The van der Waals surface area contributed by atoms with Gasteiger partial charge in [0.15, 0.2) is 0 Å². The Labute approximate surface area is 156 Å². The maximum Gasteiger partial charge on any atom is 0.329 e. The van der Waals surface area contributed by atoms with E-state index in [1.165, 1.54) is 9.79 Å². The molecule has 0 saturated carbocycles. The summed E-state index contributed by atoms with van der Waals surface area (Å²) in [6.07, 6.45) is 0.716. The van der Waals surface area contributed by atoms with Gasteiger partial charge in [-0.05, 0) is 31.2 Å². The number of benzene rings is 2. The summed E-state index contributed by atoms with van der Waals surface area (Å²) in [6, 6.07) is 15.9. The molecule has 5 nitrogen and oxygen atoms in total. The highest BCUT2D eigenvalue weighted by molar-refractivity contribution is 7.99. The quantitative estimate of drug-likeness (QED) is 0.837. The largest absolute Gasteiger partial charge is 0.461 e. The Hall–Kier alpha value is -2.47. The number of nitrogens with one attached hydrogen (secondary N) is 1. The lowest BCUT2D eigenvalue weighted by atomic mass is 10.1. The number of amides is 1. The fourth-order valence-corrected chi connectivity index (χ4v) is 4.47. The molecule has 1 fully saturated rings. The zero-order valence-electron chi connectivity index (χ0n) is 14.5. The van der Waals surface area contributed by atoms with E-state index in [2.05, 4.69) is 34.5 Å². The maximum atomic E-state index is 12.4. The van der Waals surface area contributed by atoms with Gasteiger partial charge >= 0.3 is 5.97 Å². The Morgan fingerprint density at radius 1 is 1.15 bits per heavy atom. The average Bonchev–Trinajstić information content (AvgIpc) is 2.95. The van der Waals surface area contributed by atoms with Crippen LogP contribution in [0.4, 0.5) is 11.4 Å². The van der Waals surface area contributed by atoms with Crippen LogP contribution in [0.5, 0.6) is 0 Å². The first-order chi connectivity index (χ1) is 12.6. The van der Waals surface area contributed by atoms with E-state index in [1.807, 2.05) is 31.2 Å². The molecule has 2 aliphatic rings. The van der Waals surface area contributed by atoms with Crippen molar-refractivity contribution in [3.8, 4) is 0 Å². The molecule has 0 aromatic heterocycles. The molecule has 1 N–H and O–H groups in total. The van der Waals surface area contributed by atoms with Gasteiger partial charge in [0.05, 0.1) is 11.4 Å². The van der Waals surface area contributed by atoms with Crippen LogP contribution in [0.1, 0.15) is 19.8 Å². The molecule has 2 heterocycles. The van der Waals surface area contributed by atoms with Gasteiger partial charge in [-0.25, -0.2) is 4.79 Å². The van der Waals surface area contributed by atoms with Gasteiger partial charge in [-0.15, -0.1) is 0 Å². The number of nitrogens with zero attached hydrogens (tertiary/aromatic N) is 1. The molecule has 0 radical (unpaired) electrons.